The molecular formula is C28H31NP2SSi. The number of hydrogen-bond donors (Lipinski definition) is 0. The van der Waals surface area contributed by atoms with Crippen LogP contribution in [0.25, 0.3) is 0 Å². The lowest BCUT2D eigenvalue weighted by atomic mass is 10.4. The SMILES string of the molecule is C[Si](C)(C)N=P(CP(=S)(c1ccccc1)c1ccccc1)(c1ccccc1)c1ccccc1. The van der Waals surface area contributed by atoms with Crippen molar-refractivity contribution in [2.45, 2.75) is 19.6 Å². The molecule has 0 aromatic heterocycles. The fourth-order valence-corrected chi connectivity index (χ4v) is 20.5. The molecule has 0 aliphatic heterocycles. The lowest BCUT2D eigenvalue weighted by Crippen LogP contribution is -2.28. The molecule has 0 N–H and O–H groups in total. The Kier molecular flexibility index (Phi) is 7.36. The van der Waals surface area contributed by atoms with E-state index in [1.54, 1.807) is 0 Å². The molecule has 0 heterocycles. The van der Waals surface area contributed by atoms with E-state index in [1.165, 1.54) is 21.2 Å². The van der Waals surface area contributed by atoms with Crippen molar-refractivity contribution in [3.8, 4) is 0 Å². The summed E-state index contributed by atoms with van der Waals surface area (Å²) in [6.07, 6.45) is 0. The summed E-state index contributed by atoms with van der Waals surface area (Å²) in [5.41, 5.74) is 0. The lowest BCUT2D eigenvalue weighted by Gasteiger charge is -2.35. The summed E-state index contributed by atoms with van der Waals surface area (Å²) < 4.78 is 5.83. The summed E-state index contributed by atoms with van der Waals surface area (Å²) in [6, 6.07) is 41.4. The van der Waals surface area contributed by atoms with Crippen molar-refractivity contribution in [1.29, 1.82) is 0 Å². The Morgan fingerprint density at radius 2 is 0.848 bits per heavy atom. The van der Waals surface area contributed by atoms with Crippen LogP contribution in [0, 0.1) is 0 Å². The predicted molar refractivity (Wildman–Crippen MR) is 156 cm³/mol. The highest BCUT2D eigenvalue weighted by molar-refractivity contribution is 8.25. The molecule has 4 aromatic rings. The highest BCUT2D eigenvalue weighted by Crippen LogP contribution is 2.62. The molecule has 4 aromatic carbocycles. The van der Waals surface area contributed by atoms with Crippen LogP contribution in [0.15, 0.2) is 126 Å². The Labute approximate surface area is 205 Å². The summed E-state index contributed by atoms with van der Waals surface area (Å²) in [5.74, 6) is 0.891. The highest BCUT2D eigenvalue weighted by atomic mass is 32.4. The Bertz CT molecular complexity index is 1200. The van der Waals surface area contributed by atoms with Gasteiger partial charge in [-0.1, -0.05) is 153 Å². The second kappa shape index (κ2) is 10.1. The van der Waals surface area contributed by atoms with Crippen molar-refractivity contribution in [1.82, 2.24) is 0 Å². The zero-order valence-electron chi connectivity index (χ0n) is 19.5. The zero-order valence-corrected chi connectivity index (χ0v) is 23.1. The summed E-state index contributed by atoms with van der Waals surface area (Å²) >= 11 is 6.77. The van der Waals surface area contributed by atoms with Gasteiger partial charge in [0.25, 0.3) is 0 Å². The number of rotatable bonds is 7. The monoisotopic (exact) mass is 503 g/mol. The molecule has 0 spiro atoms. The fourth-order valence-electron chi connectivity index (χ4n) is 4.26. The minimum absolute atomic E-state index is 0.891. The Morgan fingerprint density at radius 1 is 0.545 bits per heavy atom. The molecule has 0 aliphatic rings. The minimum atomic E-state index is -2.15. The van der Waals surface area contributed by atoms with E-state index in [1.807, 2.05) is 0 Å². The van der Waals surface area contributed by atoms with E-state index in [4.69, 9.17) is 16.2 Å². The second-order valence-corrected chi connectivity index (χ2v) is 22.5. The highest BCUT2D eigenvalue weighted by Gasteiger charge is 2.35. The lowest BCUT2D eigenvalue weighted by molar-refractivity contribution is 1.58. The molecule has 33 heavy (non-hydrogen) atoms. The van der Waals surface area contributed by atoms with E-state index >= 15 is 0 Å². The van der Waals surface area contributed by atoms with Crippen molar-refractivity contribution in [2.75, 3.05) is 5.90 Å². The van der Waals surface area contributed by atoms with Gasteiger partial charge in [0.15, 0.2) is 8.24 Å². The average molecular weight is 504 g/mol. The summed E-state index contributed by atoms with van der Waals surface area (Å²) in [4.78, 5) is 0. The zero-order chi connectivity index (χ0) is 23.4. The van der Waals surface area contributed by atoms with Gasteiger partial charge in [-0.3, -0.25) is 0 Å². The molecule has 0 saturated carbocycles. The number of hydrogen-bond acceptors (Lipinski definition) is 2. The van der Waals surface area contributed by atoms with Gasteiger partial charge < -0.3 is 4.41 Å². The third-order valence-electron chi connectivity index (χ3n) is 5.59. The largest absolute Gasteiger partial charge is 0.329 e. The topological polar surface area (TPSA) is 12.4 Å². The first-order valence-corrected chi connectivity index (χ1v) is 19.6. The maximum atomic E-state index is 6.77. The number of benzene rings is 4. The van der Waals surface area contributed by atoms with Crippen molar-refractivity contribution in [2.24, 2.45) is 4.41 Å². The molecule has 4 rings (SSSR count). The molecular weight excluding hydrogens is 472 g/mol. The van der Waals surface area contributed by atoms with Crippen LogP contribution in [0.3, 0.4) is 0 Å². The first-order valence-electron chi connectivity index (χ1n) is 11.3. The molecule has 168 valence electrons. The average Bonchev–Trinajstić information content (AvgIpc) is 2.85. The van der Waals surface area contributed by atoms with E-state index in [0.717, 1.165) is 5.90 Å². The van der Waals surface area contributed by atoms with Crippen LogP contribution in [-0.4, -0.2) is 14.1 Å². The minimum Gasteiger partial charge on any atom is -0.329 e. The van der Waals surface area contributed by atoms with Crippen molar-refractivity contribution < 1.29 is 0 Å². The molecule has 5 heteroatoms. The van der Waals surface area contributed by atoms with Crippen LogP contribution in [0.1, 0.15) is 0 Å². The Balaban J connectivity index is 2.08. The number of nitrogens with zero attached hydrogens (tertiary/aromatic N) is 1. The van der Waals surface area contributed by atoms with Gasteiger partial charge in [0.05, 0.1) is 0 Å². The van der Waals surface area contributed by atoms with Crippen LogP contribution >= 0.6 is 13.1 Å². The van der Waals surface area contributed by atoms with Crippen LogP contribution in [-0.2, 0) is 11.8 Å². The Hall–Kier alpha value is -2.02. The van der Waals surface area contributed by atoms with Gasteiger partial charge in [0.1, 0.15) is 0 Å². The van der Waals surface area contributed by atoms with E-state index in [9.17, 15) is 0 Å². The Morgan fingerprint density at radius 3 is 1.15 bits per heavy atom. The predicted octanol–water partition coefficient (Wildman–Crippen LogP) is 6.76. The van der Waals surface area contributed by atoms with Gasteiger partial charge in [-0.15, -0.1) is 0 Å². The fraction of sp³-hybridized carbons (Fsp3) is 0.143. The molecule has 0 unspecified atom stereocenters. The quantitative estimate of drug-likeness (QED) is 0.200. The molecule has 0 aliphatic carbocycles. The van der Waals surface area contributed by atoms with Gasteiger partial charge in [-0.25, -0.2) is 0 Å². The van der Waals surface area contributed by atoms with E-state index < -0.39 is 21.3 Å². The van der Waals surface area contributed by atoms with Crippen molar-refractivity contribution in [3.05, 3.63) is 121 Å². The van der Waals surface area contributed by atoms with Crippen LogP contribution < -0.4 is 21.2 Å². The van der Waals surface area contributed by atoms with Gasteiger partial charge in [0.2, 0.25) is 0 Å². The van der Waals surface area contributed by atoms with Crippen LogP contribution in [0.5, 0.6) is 0 Å². The molecule has 0 radical (unpaired) electrons. The third kappa shape index (κ3) is 5.39. The molecule has 0 atom stereocenters. The summed E-state index contributed by atoms with van der Waals surface area (Å²) in [7, 11) is -3.96. The molecule has 0 amide bonds. The van der Waals surface area contributed by atoms with Gasteiger partial charge in [-0.05, 0) is 21.2 Å². The molecule has 0 saturated heterocycles. The normalized spacial score (nSPS) is 12.3. The maximum absolute atomic E-state index is 6.77. The van der Waals surface area contributed by atoms with E-state index in [0.29, 0.717) is 0 Å². The first kappa shape index (κ1) is 24.1. The maximum Gasteiger partial charge on any atom is 0.171 e. The molecule has 1 nitrogen and oxygen atoms in total. The van der Waals surface area contributed by atoms with Gasteiger partial charge >= 0.3 is 0 Å². The summed E-state index contributed by atoms with van der Waals surface area (Å²) in [6.45, 7) is 7.05. The van der Waals surface area contributed by atoms with E-state index in [2.05, 4.69) is 141 Å². The van der Waals surface area contributed by atoms with Crippen molar-refractivity contribution >= 4 is 54.4 Å². The summed E-state index contributed by atoms with van der Waals surface area (Å²) in [5, 5.41) is 5.21. The third-order valence-corrected chi connectivity index (χ3v) is 19.5. The van der Waals surface area contributed by atoms with Gasteiger partial charge in [0, 0.05) is 19.0 Å². The molecule has 0 fully saturated rings. The van der Waals surface area contributed by atoms with Crippen LogP contribution in [0.4, 0.5) is 0 Å². The smallest absolute Gasteiger partial charge is 0.171 e. The molecule has 0 bridgehead atoms. The van der Waals surface area contributed by atoms with E-state index in [-0.39, 0.29) is 0 Å². The standard InChI is InChI=1S/C28H31NP2SSi/c1-33(2,3)29-30(25-16-8-4-9-17-25,26-18-10-5-11-19-26)24-31(32,27-20-12-6-13-21-27)28-22-14-7-15-23-28/h4-23H,24H2,1-3H3. The van der Waals surface area contributed by atoms with Crippen LogP contribution in [0.2, 0.25) is 19.6 Å². The van der Waals surface area contributed by atoms with Gasteiger partial charge in [-0.2, -0.15) is 0 Å². The van der Waals surface area contributed by atoms with Crippen molar-refractivity contribution in [3.63, 3.8) is 0 Å². The second-order valence-electron chi connectivity index (χ2n) is 9.26. The first-order chi connectivity index (χ1) is 15.8.